The first-order chi connectivity index (χ1) is 13.8. The van der Waals surface area contributed by atoms with Crippen molar-refractivity contribution < 1.29 is 0 Å². The van der Waals surface area contributed by atoms with Gasteiger partial charge in [-0.25, -0.2) is 4.98 Å². The summed E-state index contributed by atoms with van der Waals surface area (Å²) in [6, 6.07) is 9.60. The molecule has 28 heavy (non-hydrogen) atoms. The van der Waals surface area contributed by atoms with Crippen LogP contribution in [-0.4, -0.2) is 9.97 Å². The summed E-state index contributed by atoms with van der Waals surface area (Å²) in [7, 11) is 0. The van der Waals surface area contributed by atoms with Crippen LogP contribution < -0.4 is 0 Å². The van der Waals surface area contributed by atoms with Crippen LogP contribution >= 0.6 is 0 Å². The molecule has 2 rings (SSSR count). The number of rotatable bonds is 16. The molecule has 1 atom stereocenters. The quantitative estimate of drug-likeness (QED) is 0.293. The van der Waals surface area contributed by atoms with Gasteiger partial charge in [0, 0.05) is 18.8 Å². The van der Waals surface area contributed by atoms with E-state index in [2.05, 4.69) is 48.1 Å². The van der Waals surface area contributed by atoms with Crippen LogP contribution in [0.2, 0.25) is 0 Å². The Balaban J connectivity index is 1.68. The molecule has 0 aliphatic rings. The lowest BCUT2D eigenvalue weighted by atomic mass is 9.88. The first kappa shape index (κ1) is 22.7. The standard InChI is InChI=1S/C26H42N2/c1-3-5-6-7-8-10-14-23-17-19-25(20-18-23)24(13-4-2)15-11-9-12-16-26-27-21-22-28-26/h17-22,24H,3-16H2,1-2H3,(H,27,28). The molecular formula is C26H42N2. The molecule has 0 fully saturated rings. The van der Waals surface area contributed by atoms with E-state index in [0.29, 0.717) is 0 Å². The maximum atomic E-state index is 4.32. The van der Waals surface area contributed by atoms with Crippen LogP contribution in [0.15, 0.2) is 36.7 Å². The molecule has 156 valence electrons. The number of benzene rings is 1. The van der Waals surface area contributed by atoms with E-state index < -0.39 is 0 Å². The number of hydrogen-bond acceptors (Lipinski definition) is 1. The fourth-order valence-corrected chi connectivity index (χ4v) is 4.19. The molecule has 0 radical (unpaired) electrons. The number of imidazole rings is 1. The van der Waals surface area contributed by atoms with E-state index in [1.807, 2.05) is 12.4 Å². The summed E-state index contributed by atoms with van der Waals surface area (Å²) in [5.41, 5.74) is 3.08. The van der Waals surface area contributed by atoms with Crippen molar-refractivity contribution in [3.63, 3.8) is 0 Å². The summed E-state index contributed by atoms with van der Waals surface area (Å²) < 4.78 is 0. The van der Waals surface area contributed by atoms with Gasteiger partial charge in [-0.3, -0.25) is 0 Å². The number of H-pyrrole nitrogens is 1. The van der Waals surface area contributed by atoms with Crippen LogP contribution in [0.5, 0.6) is 0 Å². The molecule has 1 N–H and O–H groups in total. The van der Waals surface area contributed by atoms with E-state index in [1.165, 1.54) is 89.0 Å². The average Bonchev–Trinajstić information content (AvgIpc) is 3.24. The molecule has 0 amide bonds. The van der Waals surface area contributed by atoms with Gasteiger partial charge in [0.15, 0.2) is 0 Å². The van der Waals surface area contributed by atoms with Crippen LogP contribution in [0.4, 0.5) is 0 Å². The van der Waals surface area contributed by atoms with Gasteiger partial charge in [-0.05, 0) is 49.1 Å². The number of aromatic amines is 1. The highest BCUT2D eigenvalue weighted by atomic mass is 14.9. The van der Waals surface area contributed by atoms with Crippen LogP contribution in [-0.2, 0) is 12.8 Å². The third-order valence-electron chi connectivity index (χ3n) is 5.93. The van der Waals surface area contributed by atoms with Crippen molar-refractivity contribution in [1.29, 1.82) is 0 Å². The zero-order valence-corrected chi connectivity index (χ0v) is 18.4. The Morgan fingerprint density at radius 2 is 1.46 bits per heavy atom. The smallest absolute Gasteiger partial charge is 0.105 e. The van der Waals surface area contributed by atoms with Gasteiger partial charge >= 0.3 is 0 Å². The zero-order chi connectivity index (χ0) is 19.9. The maximum absolute atomic E-state index is 4.32. The molecule has 1 heterocycles. The van der Waals surface area contributed by atoms with Crippen LogP contribution in [0.25, 0.3) is 0 Å². The first-order valence-corrected chi connectivity index (χ1v) is 11.9. The molecule has 1 aromatic carbocycles. The van der Waals surface area contributed by atoms with E-state index >= 15 is 0 Å². The van der Waals surface area contributed by atoms with E-state index in [1.54, 1.807) is 5.56 Å². The van der Waals surface area contributed by atoms with Crippen molar-refractivity contribution >= 4 is 0 Å². The largest absolute Gasteiger partial charge is 0.349 e. The summed E-state index contributed by atoms with van der Waals surface area (Å²) in [6.07, 6.45) is 22.2. The van der Waals surface area contributed by atoms with Gasteiger partial charge in [-0.15, -0.1) is 0 Å². The lowest BCUT2D eigenvalue weighted by Gasteiger charge is -2.17. The highest BCUT2D eigenvalue weighted by Gasteiger charge is 2.10. The molecule has 0 saturated heterocycles. The highest BCUT2D eigenvalue weighted by Crippen LogP contribution is 2.28. The Bertz CT molecular complexity index is 585. The minimum atomic E-state index is 0.733. The van der Waals surface area contributed by atoms with Crippen LogP contribution in [0.1, 0.15) is 114 Å². The molecule has 0 aliphatic heterocycles. The lowest BCUT2D eigenvalue weighted by molar-refractivity contribution is 0.521. The van der Waals surface area contributed by atoms with Gasteiger partial charge in [0.1, 0.15) is 5.82 Å². The maximum Gasteiger partial charge on any atom is 0.105 e. The first-order valence-electron chi connectivity index (χ1n) is 11.9. The second kappa shape index (κ2) is 14.4. The second-order valence-electron chi connectivity index (χ2n) is 8.38. The number of unbranched alkanes of at least 4 members (excludes halogenated alkanes) is 7. The van der Waals surface area contributed by atoms with Gasteiger partial charge in [0.2, 0.25) is 0 Å². The molecule has 0 saturated carbocycles. The SMILES string of the molecule is CCCCCCCCc1ccc(C(CCC)CCCCCc2ncc[nH]2)cc1. The minimum absolute atomic E-state index is 0.733. The Morgan fingerprint density at radius 1 is 0.750 bits per heavy atom. The summed E-state index contributed by atoms with van der Waals surface area (Å²) in [4.78, 5) is 7.52. The fraction of sp³-hybridized carbons (Fsp3) is 0.654. The van der Waals surface area contributed by atoms with Crippen molar-refractivity contribution in [1.82, 2.24) is 9.97 Å². The van der Waals surface area contributed by atoms with Gasteiger partial charge in [-0.1, -0.05) is 89.5 Å². The van der Waals surface area contributed by atoms with Crippen molar-refractivity contribution in [2.75, 3.05) is 0 Å². The number of nitrogens with one attached hydrogen (secondary N) is 1. The molecule has 0 aliphatic carbocycles. The normalized spacial score (nSPS) is 12.4. The fourth-order valence-electron chi connectivity index (χ4n) is 4.19. The van der Waals surface area contributed by atoms with Gasteiger partial charge in [0.25, 0.3) is 0 Å². The Kier molecular flexibility index (Phi) is 11.7. The van der Waals surface area contributed by atoms with E-state index in [0.717, 1.165) is 18.2 Å². The Hall–Kier alpha value is -1.57. The summed E-state index contributed by atoms with van der Waals surface area (Å²) in [5, 5.41) is 0. The summed E-state index contributed by atoms with van der Waals surface area (Å²) in [5.74, 6) is 1.86. The summed E-state index contributed by atoms with van der Waals surface area (Å²) >= 11 is 0. The predicted octanol–water partition coefficient (Wildman–Crippen LogP) is 8.00. The third kappa shape index (κ3) is 9.08. The molecule has 2 heteroatoms. The van der Waals surface area contributed by atoms with E-state index in [9.17, 15) is 0 Å². The minimum Gasteiger partial charge on any atom is -0.349 e. The molecule has 2 nitrogen and oxygen atoms in total. The highest BCUT2D eigenvalue weighted by molar-refractivity contribution is 5.25. The number of aryl methyl sites for hydroxylation is 2. The third-order valence-corrected chi connectivity index (χ3v) is 5.93. The molecular weight excluding hydrogens is 340 g/mol. The predicted molar refractivity (Wildman–Crippen MR) is 122 cm³/mol. The Morgan fingerprint density at radius 3 is 2.18 bits per heavy atom. The van der Waals surface area contributed by atoms with Crippen molar-refractivity contribution in [2.24, 2.45) is 0 Å². The van der Waals surface area contributed by atoms with Gasteiger partial charge in [-0.2, -0.15) is 0 Å². The van der Waals surface area contributed by atoms with E-state index in [4.69, 9.17) is 0 Å². The monoisotopic (exact) mass is 382 g/mol. The summed E-state index contributed by atoms with van der Waals surface area (Å²) in [6.45, 7) is 4.60. The Labute approximate surface area is 173 Å². The van der Waals surface area contributed by atoms with Gasteiger partial charge in [0.05, 0.1) is 0 Å². The number of hydrogen-bond donors (Lipinski definition) is 1. The second-order valence-corrected chi connectivity index (χ2v) is 8.38. The number of nitrogens with zero attached hydrogens (tertiary/aromatic N) is 1. The van der Waals surface area contributed by atoms with Crippen molar-refractivity contribution in [3.05, 3.63) is 53.6 Å². The number of aromatic nitrogens is 2. The lowest BCUT2D eigenvalue weighted by Crippen LogP contribution is -2.00. The zero-order valence-electron chi connectivity index (χ0n) is 18.4. The molecule has 1 aromatic heterocycles. The van der Waals surface area contributed by atoms with Crippen LogP contribution in [0, 0.1) is 0 Å². The topological polar surface area (TPSA) is 28.7 Å². The molecule has 0 bridgehead atoms. The van der Waals surface area contributed by atoms with Crippen molar-refractivity contribution in [3.8, 4) is 0 Å². The average molecular weight is 383 g/mol. The van der Waals surface area contributed by atoms with Crippen molar-refractivity contribution in [2.45, 2.75) is 110 Å². The molecule has 2 aromatic rings. The van der Waals surface area contributed by atoms with Crippen LogP contribution in [0.3, 0.4) is 0 Å². The van der Waals surface area contributed by atoms with E-state index in [-0.39, 0.29) is 0 Å². The van der Waals surface area contributed by atoms with Gasteiger partial charge < -0.3 is 4.98 Å². The molecule has 0 spiro atoms. The molecule has 1 unspecified atom stereocenters.